The first-order valence-electron chi connectivity index (χ1n) is 6.77. The standard InChI is InChI=1S/C17H13NO2/c19-16-11-6-2-1-5-10(11)9-13(16)15-17(20)12-7-3-4-8-14(12)18-15/h1-8,13,15,18H,9H2. The van der Waals surface area contributed by atoms with E-state index in [1.165, 1.54) is 0 Å². The zero-order valence-corrected chi connectivity index (χ0v) is 10.8. The summed E-state index contributed by atoms with van der Waals surface area (Å²) in [7, 11) is 0. The van der Waals surface area contributed by atoms with Gasteiger partial charge in [-0.1, -0.05) is 36.4 Å². The number of carbonyl (C=O) groups excluding carboxylic acids is 2. The van der Waals surface area contributed by atoms with Crippen molar-refractivity contribution in [1.29, 1.82) is 0 Å². The Hall–Kier alpha value is -2.42. The van der Waals surface area contributed by atoms with Crippen LogP contribution in [0.5, 0.6) is 0 Å². The van der Waals surface area contributed by atoms with Crippen LogP contribution in [0.3, 0.4) is 0 Å². The molecule has 3 nitrogen and oxygen atoms in total. The van der Waals surface area contributed by atoms with Crippen LogP contribution in [0.15, 0.2) is 48.5 Å². The maximum atomic E-state index is 12.5. The van der Waals surface area contributed by atoms with E-state index in [1.54, 1.807) is 0 Å². The van der Waals surface area contributed by atoms with Crippen molar-refractivity contribution in [3.05, 3.63) is 65.2 Å². The van der Waals surface area contributed by atoms with Crippen LogP contribution in [-0.4, -0.2) is 17.6 Å². The van der Waals surface area contributed by atoms with Crippen LogP contribution in [0.2, 0.25) is 0 Å². The van der Waals surface area contributed by atoms with E-state index in [-0.39, 0.29) is 17.5 Å². The van der Waals surface area contributed by atoms with E-state index in [9.17, 15) is 9.59 Å². The summed E-state index contributed by atoms with van der Waals surface area (Å²) < 4.78 is 0. The molecule has 2 aliphatic rings. The molecule has 0 fully saturated rings. The van der Waals surface area contributed by atoms with Crippen molar-refractivity contribution in [1.82, 2.24) is 0 Å². The lowest BCUT2D eigenvalue weighted by Crippen LogP contribution is -2.35. The van der Waals surface area contributed by atoms with Gasteiger partial charge in [-0.25, -0.2) is 0 Å². The predicted octanol–water partition coefficient (Wildman–Crippen LogP) is 2.72. The number of hydrogen-bond donors (Lipinski definition) is 1. The third-order valence-corrected chi connectivity index (χ3v) is 4.25. The largest absolute Gasteiger partial charge is 0.374 e. The molecule has 98 valence electrons. The van der Waals surface area contributed by atoms with Crippen molar-refractivity contribution in [3.63, 3.8) is 0 Å². The third-order valence-electron chi connectivity index (χ3n) is 4.25. The molecule has 0 bridgehead atoms. The second-order valence-electron chi connectivity index (χ2n) is 5.36. The van der Waals surface area contributed by atoms with Gasteiger partial charge in [-0.2, -0.15) is 0 Å². The minimum atomic E-state index is -0.424. The summed E-state index contributed by atoms with van der Waals surface area (Å²) in [5.74, 6) is -0.168. The van der Waals surface area contributed by atoms with Crippen molar-refractivity contribution in [2.45, 2.75) is 12.5 Å². The lowest BCUT2D eigenvalue weighted by Gasteiger charge is -2.16. The van der Waals surface area contributed by atoms with E-state index in [2.05, 4.69) is 5.32 Å². The van der Waals surface area contributed by atoms with E-state index < -0.39 is 6.04 Å². The number of ketones is 2. The first-order valence-corrected chi connectivity index (χ1v) is 6.77. The van der Waals surface area contributed by atoms with E-state index in [0.29, 0.717) is 12.0 Å². The summed E-state index contributed by atoms with van der Waals surface area (Å²) in [4.78, 5) is 25.0. The van der Waals surface area contributed by atoms with Crippen LogP contribution in [0, 0.1) is 5.92 Å². The molecule has 1 aliphatic carbocycles. The van der Waals surface area contributed by atoms with Gasteiger partial charge in [0.2, 0.25) is 0 Å². The van der Waals surface area contributed by atoms with Crippen molar-refractivity contribution >= 4 is 17.3 Å². The fraction of sp³-hybridized carbons (Fsp3) is 0.176. The maximum Gasteiger partial charge on any atom is 0.187 e. The quantitative estimate of drug-likeness (QED) is 0.860. The molecule has 2 atom stereocenters. The van der Waals surface area contributed by atoms with Gasteiger partial charge in [-0.15, -0.1) is 0 Å². The van der Waals surface area contributed by atoms with E-state index >= 15 is 0 Å². The van der Waals surface area contributed by atoms with Crippen molar-refractivity contribution in [2.24, 2.45) is 5.92 Å². The van der Waals surface area contributed by atoms with Gasteiger partial charge in [0.05, 0.1) is 5.92 Å². The Balaban J connectivity index is 1.69. The molecular formula is C17H13NO2. The third kappa shape index (κ3) is 1.46. The number of nitrogens with one attached hydrogen (secondary N) is 1. The van der Waals surface area contributed by atoms with E-state index in [4.69, 9.17) is 0 Å². The molecule has 0 radical (unpaired) electrons. The fourth-order valence-electron chi connectivity index (χ4n) is 3.25. The van der Waals surface area contributed by atoms with Crippen LogP contribution >= 0.6 is 0 Å². The predicted molar refractivity (Wildman–Crippen MR) is 76.1 cm³/mol. The number of hydrogen-bond acceptors (Lipinski definition) is 3. The topological polar surface area (TPSA) is 46.2 Å². The smallest absolute Gasteiger partial charge is 0.187 e. The molecule has 1 N–H and O–H groups in total. The molecule has 1 heterocycles. The SMILES string of the molecule is O=C1c2ccccc2CC1C1Nc2ccccc2C1=O. The highest BCUT2D eigenvalue weighted by Crippen LogP contribution is 2.35. The Morgan fingerprint density at radius 3 is 2.30 bits per heavy atom. The molecule has 0 saturated heterocycles. The summed E-state index contributed by atoms with van der Waals surface area (Å²) in [6.45, 7) is 0. The number of carbonyl (C=O) groups is 2. The molecule has 3 heteroatoms. The highest BCUT2D eigenvalue weighted by atomic mass is 16.1. The van der Waals surface area contributed by atoms with Crippen LogP contribution in [0.1, 0.15) is 26.3 Å². The summed E-state index contributed by atoms with van der Waals surface area (Å²) in [6.07, 6.45) is 0.645. The Labute approximate surface area is 116 Å². The molecule has 0 saturated carbocycles. The number of benzene rings is 2. The number of rotatable bonds is 1. The van der Waals surface area contributed by atoms with Gasteiger partial charge in [-0.05, 0) is 24.1 Å². The molecular weight excluding hydrogens is 250 g/mol. The van der Waals surface area contributed by atoms with Crippen LogP contribution in [0.25, 0.3) is 0 Å². The minimum Gasteiger partial charge on any atom is -0.374 e. The average Bonchev–Trinajstić information content (AvgIpc) is 2.98. The highest BCUT2D eigenvalue weighted by molar-refractivity contribution is 6.15. The fourth-order valence-corrected chi connectivity index (χ4v) is 3.25. The van der Waals surface area contributed by atoms with Gasteiger partial charge in [0.1, 0.15) is 6.04 Å². The van der Waals surface area contributed by atoms with Gasteiger partial charge in [0.15, 0.2) is 11.6 Å². The Kier molecular flexibility index (Phi) is 2.30. The Morgan fingerprint density at radius 1 is 0.850 bits per heavy atom. The van der Waals surface area contributed by atoms with Gasteiger partial charge >= 0.3 is 0 Å². The molecule has 4 rings (SSSR count). The molecule has 1 aliphatic heterocycles. The second kappa shape index (κ2) is 4.04. The van der Waals surface area contributed by atoms with Crippen molar-refractivity contribution in [2.75, 3.05) is 5.32 Å². The minimum absolute atomic E-state index is 0.0340. The molecule has 2 aromatic rings. The summed E-state index contributed by atoms with van der Waals surface area (Å²) >= 11 is 0. The molecule has 0 amide bonds. The molecule has 0 spiro atoms. The van der Waals surface area contributed by atoms with Crippen LogP contribution in [0.4, 0.5) is 5.69 Å². The highest BCUT2D eigenvalue weighted by Gasteiger charge is 2.43. The lowest BCUT2D eigenvalue weighted by molar-refractivity contribution is 0.0857. The van der Waals surface area contributed by atoms with Crippen molar-refractivity contribution in [3.8, 4) is 0 Å². The molecule has 20 heavy (non-hydrogen) atoms. The molecule has 2 aromatic carbocycles. The van der Waals surface area contributed by atoms with Gasteiger partial charge in [0, 0.05) is 16.8 Å². The van der Waals surface area contributed by atoms with E-state index in [1.807, 2.05) is 48.5 Å². The first kappa shape index (κ1) is 11.4. The number of para-hydroxylation sites is 1. The zero-order chi connectivity index (χ0) is 13.7. The summed E-state index contributed by atoms with van der Waals surface area (Å²) in [6, 6.07) is 14.7. The van der Waals surface area contributed by atoms with Crippen LogP contribution < -0.4 is 5.32 Å². The Bertz CT molecular complexity index is 672. The van der Waals surface area contributed by atoms with E-state index in [0.717, 1.165) is 16.8 Å². The zero-order valence-electron chi connectivity index (χ0n) is 10.8. The summed E-state index contributed by atoms with van der Waals surface area (Å²) in [5.41, 5.74) is 3.35. The van der Waals surface area contributed by atoms with Gasteiger partial charge < -0.3 is 5.32 Å². The van der Waals surface area contributed by atoms with Gasteiger partial charge in [0.25, 0.3) is 0 Å². The number of Topliss-reactive ketones (excluding diaryl/α,β-unsaturated/α-hetero) is 2. The average molecular weight is 263 g/mol. The number of fused-ring (bicyclic) bond motifs is 2. The van der Waals surface area contributed by atoms with Crippen LogP contribution in [-0.2, 0) is 6.42 Å². The number of anilines is 1. The monoisotopic (exact) mass is 263 g/mol. The van der Waals surface area contributed by atoms with Gasteiger partial charge in [-0.3, -0.25) is 9.59 Å². The second-order valence-corrected chi connectivity index (χ2v) is 5.36. The molecule has 0 aromatic heterocycles. The maximum absolute atomic E-state index is 12.5. The lowest BCUT2D eigenvalue weighted by atomic mass is 9.92. The summed E-state index contributed by atoms with van der Waals surface area (Å²) in [5, 5.41) is 3.22. The van der Waals surface area contributed by atoms with Crippen molar-refractivity contribution < 1.29 is 9.59 Å². The normalized spacial score (nSPS) is 23.4. The Morgan fingerprint density at radius 2 is 1.55 bits per heavy atom. The first-order chi connectivity index (χ1) is 9.75. The molecule has 2 unspecified atom stereocenters.